The molecule has 0 radical (unpaired) electrons. The first-order valence-electron chi connectivity index (χ1n) is 4.27. The highest BCUT2D eigenvalue weighted by Crippen LogP contribution is 2.07. The molecule has 0 heterocycles. The van der Waals surface area contributed by atoms with E-state index in [0.717, 1.165) is 6.08 Å². The summed E-state index contributed by atoms with van der Waals surface area (Å²) in [6, 6.07) is 5.85. The van der Waals surface area contributed by atoms with Crippen LogP contribution in [-0.4, -0.2) is 24.5 Å². The van der Waals surface area contributed by atoms with Gasteiger partial charge in [0.1, 0.15) is 15.0 Å². The summed E-state index contributed by atoms with van der Waals surface area (Å²) >= 11 is 0. The van der Waals surface area contributed by atoms with Crippen molar-refractivity contribution in [3.05, 3.63) is 34.7 Å². The third-order valence-electron chi connectivity index (χ3n) is 2.17. The molecule has 0 saturated carbocycles. The number of Topliss-reactive ketones (excluding diaryl/α,β-unsaturated/α-hetero) is 2. The lowest BCUT2D eigenvalue weighted by molar-refractivity contribution is -0.129. The molecule has 6 nitrogen and oxygen atoms in total. The number of rotatable bonds is 1. The van der Waals surface area contributed by atoms with Crippen LogP contribution in [0.4, 0.5) is 0 Å². The first kappa shape index (κ1) is 13.2. The number of quaternary nitrogens is 1. The van der Waals surface area contributed by atoms with Crippen LogP contribution in [0.5, 0.6) is 0 Å². The largest absolute Gasteiger partial charge is 0.744 e. The Balaban J connectivity index is 0.00000144. The fraction of sp³-hybridized carbons (Fsp3) is 0. The summed E-state index contributed by atoms with van der Waals surface area (Å²) in [6.07, 6.45) is 1.02. The number of hydrogen-bond acceptors (Lipinski definition) is 5. The van der Waals surface area contributed by atoms with E-state index in [1.165, 1.54) is 18.2 Å². The quantitative estimate of drug-likeness (QED) is 0.490. The van der Waals surface area contributed by atoms with Crippen LogP contribution in [0.2, 0.25) is 0 Å². The normalized spacial score (nSPS) is 14.8. The number of carbonyl (C=O) groups excluding carboxylic acids is 2. The van der Waals surface area contributed by atoms with Gasteiger partial charge in [-0.25, -0.2) is 8.42 Å². The van der Waals surface area contributed by atoms with Crippen molar-refractivity contribution >= 4 is 32.7 Å². The molecule has 17 heavy (non-hydrogen) atoms. The molecule has 0 bridgehead atoms. The molecule has 2 rings (SSSR count). The fourth-order valence-corrected chi connectivity index (χ4v) is 2.30. The molecule has 7 heteroatoms. The van der Waals surface area contributed by atoms with Gasteiger partial charge in [-0.15, -0.1) is 0 Å². The van der Waals surface area contributed by atoms with Crippen LogP contribution in [0.15, 0.2) is 24.3 Å². The molecule has 1 aromatic carbocycles. The van der Waals surface area contributed by atoms with Crippen molar-refractivity contribution in [3.63, 3.8) is 0 Å². The molecule has 0 aliphatic heterocycles. The van der Waals surface area contributed by atoms with Gasteiger partial charge >= 0.3 is 0 Å². The van der Waals surface area contributed by atoms with E-state index in [0.29, 0.717) is 0 Å². The predicted molar refractivity (Wildman–Crippen MR) is 59.3 cm³/mol. The van der Waals surface area contributed by atoms with Crippen LogP contribution in [0, 0.1) is 0 Å². The number of ketones is 2. The Hall–Kier alpha value is -1.83. The van der Waals surface area contributed by atoms with E-state index in [4.69, 9.17) is 0 Å². The van der Waals surface area contributed by atoms with Crippen molar-refractivity contribution in [3.8, 4) is 0 Å². The van der Waals surface area contributed by atoms with Gasteiger partial charge in [0.05, 0.1) is 0 Å². The highest BCUT2D eigenvalue weighted by atomic mass is 32.2. The minimum absolute atomic E-state index is 0. The van der Waals surface area contributed by atoms with Crippen LogP contribution in [0.25, 0.3) is 11.0 Å². The zero-order valence-corrected chi connectivity index (χ0v) is 9.65. The van der Waals surface area contributed by atoms with Gasteiger partial charge in [0.25, 0.3) is 0 Å². The minimum atomic E-state index is -4.95. The molecule has 0 aromatic heterocycles. The number of carbonyl (C=O) groups is 2. The monoisotopic (exact) mass is 255 g/mol. The lowest BCUT2D eigenvalue weighted by Crippen LogP contribution is -2.39. The first-order chi connectivity index (χ1) is 7.41. The summed E-state index contributed by atoms with van der Waals surface area (Å²) in [5.74, 6) is -2.26. The summed E-state index contributed by atoms with van der Waals surface area (Å²) in [4.78, 5) is 21.6. The van der Waals surface area contributed by atoms with E-state index < -0.39 is 26.6 Å². The Kier molecular flexibility index (Phi) is 3.28. The van der Waals surface area contributed by atoms with Gasteiger partial charge in [-0.2, -0.15) is 0 Å². The van der Waals surface area contributed by atoms with Crippen LogP contribution >= 0.6 is 0 Å². The standard InChI is InChI=1S/C10H6O5S.H3N/c11-8-5-6-3-1-2-4-7(6)10(9(8)12)16(13,14)15;/h1-5H,(H,13,14,15);1H3. The Morgan fingerprint density at radius 2 is 1.65 bits per heavy atom. The summed E-state index contributed by atoms with van der Waals surface area (Å²) < 4.78 is 32.8. The van der Waals surface area contributed by atoms with Crippen LogP contribution in [0.1, 0.15) is 0 Å². The van der Waals surface area contributed by atoms with Crippen molar-refractivity contribution in [2.75, 3.05) is 0 Å². The highest BCUT2D eigenvalue weighted by Gasteiger charge is 2.26. The van der Waals surface area contributed by atoms with E-state index in [1.807, 2.05) is 0 Å². The van der Waals surface area contributed by atoms with E-state index >= 15 is 0 Å². The molecule has 0 unspecified atom stereocenters. The maximum Gasteiger partial charge on any atom is 0.243 e. The van der Waals surface area contributed by atoms with Gasteiger partial charge in [0, 0.05) is 5.22 Å². The topological polar surface area (TPSA) is 128 Å². The Bertz CT molecular complexity index is 717. The van der Waals surface area contributed by atoms with Crippen molar-refractivity contribution in [1.82, 2.24) is 6.15 Å². The van der Waals surface area contributed by atoms with Crippen molar-refractivity contribution < 1.29 is 22.6 Å². The molecule has 4 N–H and O–H groups in total. The van der Waals surface area contributed by atoms with Gasteiger partial charge < -0.3 is 10.7 Å². The SMILES string of the molecule is O=C1C=c2ccccc2=C(S(=O)(=O)[O-])C1=O.[NH4+]. The van der Waals surface area contributed by atoms with E-state index in [9.17, 15) is 22.6 Å². The molecule has 0 saturated heterocycles. The molecule has 0 amide bonds. The van der Waals surface area contributed by atoms with Crippen molar-refractivity contribution in [2.24, 2.45) is 0 Å². The second kappa shape index (κ2) is 4.21. The summed E-state index contributed by atoms with van der Waals surface area (Å²) in [5, 5.41) is 0.253. The molecular formula is C10H9NO5S. The maximum atomic E-state index is 11.3. The van der Waals surface area contributed by atoms with E-state index in [-0.39, 0.29) is 16.6 Å². The summed E-state index contributed by atoms with van der Waals surface area (Å²) in [7, 11) is -4.95. The Morgan fingerprint density at radius 1 is 1.06 bits per heavy atom. The van der Waals surface area contributed by atoms with Gasteiger partial charge in [0.15, 0.2) is 0 Å². The average Bonchev–Trinajstić information content (AvgIpc) is 2.17. The molecule has 1 aromatic rings. The van der Waals surface area contributed by atoms with Crippen molar-refractivity contribution in [2.45, 2.75) is 0 Å². The fourth-order valence-electron chi connectivity index (χ4n) is 1.52. The third-order valence-corrected chi connectivity index (χ3v) is 3.08. The molecule has 90 valence electrons. The zero-order valence-electron chi connectivity index (χ0n) is 8.84. The second-order valence-corrected chi connectivity index (χ2v) is 4.52. The Morgan fingerprint density at radius 3 is 2.24 bits per heavy atom. The third kappa shape index (κ3) is 2.16. The maximum absolute atomic E-state index is 11.3. The Labute approximate surface area is 96.6 Å². The molecule has 0 spiro atoms. The second-order valence-electron chi connectivity index (χ2n) is 3.21. The molecular weight excluding hydrogens is 246 g/mol. The summed E-state index contributed by atoms with van der Waals surface area (Å²) in [6.45, 7) is 0. The zero-order chi connectivity index (χ0) is 11.9. The lowest BCUT2D eigenvalue weighted by atomic mass is 10.1. The van der Waals surface area contributed by atoms with Crippen LogP contribution in [-0.2, 0) is 19.7 Å². The molecule has 0 atom stereocenters. The smallest absolute Gasteiger partial charge is 0.243 e. The predicted octanol–water partition coefficient (Wildman–Crippen LogP) is -1.35. The van der Waals surface area contributed by atoms with Gasteiger partial charge in [0.2, 0.25) is 11.6 Å². The van der Waals surface area contributed by atoms with Gasteiger partial charge in [-0.05, 0) is 11.3 Å². The number of hydrogen-bond donors (Lipinski definition) is 1. The molecule has 1 aliphatic rings. The van der Waals surface area contributed by atoms with Crippen molar-refractivity contribution in [1.29, 1.82) is 0 Å². The van der Waals surface area contributed by atoms with Gasteiger partial charge in [-0.3, -0.25) is 9.59 Å². The van der Waals surface area contributed by atoms with Crippen LogP contribution < -0.4 is 16.6 Å². The highest BCUT2D eigenvalue weighted by molar-refractivity contribution is 7.96. The molecule has 1 aliphatic carbocycles. The van der Waals surface area contributed by atoms with Gasteiger partial charge in [-0.1, -0.05) is 24.3 Å². The number of fused-ring (bicyclic) bond motifs is 1. The minimum Gasteiger partial charge on any atom is -0.744 e. The summed E-state index contributed by atoms with van der Waals surface area (Å²) in [5.41, 5.74) is 0. The van der Waals surface area contributed by atoms with E-state index in [1.54, 1.807) is 6.07 Å². The lowest BCUT2D eigenvalue weighted by Gasteiger charge is -2.12. The van der Waals surface area contributed by atoms with E-state index in [2.05, 4.69) is 0 Å². The first-order valence-corrected chi connectivity index (χ1v) is 5.68. The molecule has 0 fully saturated rings. The number of benzene rings is 1. The average molecular weight is 255 g/mol. The van der Waals surface area contributed by atoms with Crippen LogP contribution in [0.3, 0.4) is 0 Å².